The number of benzene rings is 2. The number of rotatable bonds is 5. The number of piperazine rings is 1. The largest absolute Gasteiger partial charge is 0.444 e. The fourth-order valence-electron chi connectivity index (χ4n) is 4.29. The van der Waals surface area contributed by atoms with Gasteiger partial charge in [0.1, 0.15) is 27.9 Å². The van der Waals surface area contributed by atoms with Gasteiger partial charge in [0, 0.05) is 31.0 Å². The van der Waals surface area contributed by atoms with Gasteiger partial charge in [-0.05, 0) is 71.0 Å². The highest BCUT2D eigenvalue weighted by Crippen LogP contribution is 2.32. The monoisotopic (exact) mass is 559 g/mol. The Kier molecular flexibility index (Phi) is 8.54. The molecular weight excluding hydrogens is 524 g/mol. The molecule has 1 aromatic heterocycles. The van der Waals surface area contributed by atoms with Crippen molar-refractivity contribution in [3.63, 3.8) is 0 Å². The zero-order chi connectivity index (χ0) is 27.8. The Balaban J connectivity index is 0.00000420. The molecule has 3 aromatic rings. The van der Waals surface area contributed by atoms with Crippen LogP contribution in [-0.2, 0) is 4.74 Å². The molecule has 1 aliphatic rings. The zero-order valence-electron chi connectivity index (χ0n) is 22.0. The lowest BCUT2D eigenvalue weighted by Gasteiger charge is -2.47. The average molecular weight is 560 g/mol. The van der Waals surface area contributed by atoms with Crippen molar-refractivity contribution in [2.24, 2.45) is 0 Å². The summed E-state index contributed by atoms with van der Waals surface area (Å²) in [6.45, 7) is 11.4. The van der Waals surface area contributed by atoms with Gasteiger partial charge in [-0.25, -0.2) is 18.6 Å². The summed E-state index contributed by atoms with van der Waals surface area (Å²) in [6, 6.07) is 10.8. The normalized spacial score (nSPS) is 14.9. The molecule has 0 unspecified atom stereocenters. The Morgan fingerprint density at radius 3 is 2.26 bits per heavy atom. The SMILES string of the molecule is C.CC(C)(C)OC(=O)N1CCN(c2ccc(Nc3nc(N)c(C(=O)c4c(F)cccc4F)s3)cc2)CC1(C)C. The number of amides is 1. The predicted octanol–water partition coefficient (Wildman–Crippen LogP) is 6.45. The Morgan fingerprint density at radius 1 is 1.08 bits per heavy atom. The molecule has 1 amide bonds. The van der Waals surface area contributed by atoms with Crippen LogP contribution in [0, 0.1) is 11.6 Å². The number of hydrogen-bond donors (Lipinski definition) is 2. The highest BCUT2D eigenvalue weighted by Gasteiger charge is 2.39. The van der Waals surface area contributed by atoms with E-state index in [1.54, 1.807) is 4.90 Å². The Hall–Kier alpha value is -3.73. The average Bonchev–Trinajstić information content (AvgIpc) is 3.17. The maximum Gasteiger partial charge on any atom is 0.410 e. The van der Waals surface area contributed by atoms with Gasteiger partial charge in [-0.3, -0.25) is 9.69 Å². The van der Waals surface area contributed by atoms with Crippen LogP contribution in [0.3, 0.4) is 0 Å². The number of nitrogens with zero attached hydrogens (tertiary/aromatic N) is 3. The molecule has 3 N–H and O–H groups in total. The molecule has 1 saturated heterocycles. The quantitative estimate of drug-likeness (QED) is 0.347. The third-order valence-corrected chi connectivity index (χ3v) is 7.03. The number of ketones is 1. The van der Waals surface area contributed by atoms with Gasteiger partial charge in [-0.1, -0.05) is 24.8 Å². The minimum absolute atomic E-state index is 0. The lowest BCUT2D eigenvalue weighted by atomic mass is 9.98. The summed E-state index contributed by atoms with van der Waals surface area (Å²) in [4.78, 5) is 33.5. The number of aromatic nitrogens is 1. The van der Waals surface area contributed by atoms with Gasteiger partial charge in [-0.15, -0.1) is 0 Å². The van der Waals surface area contributed by atoms with Gasteiger partial charge in [0.2, 0.25) is 5.78 Å². The van der Waals surface area contributed by atoms with E-state index in [0.29, 0.717) is 30.5 Å². The minimum Gasteiger partial charge on any atom is -0.444 e. The summed E-state index contributed by atoms with van der Waals surface area (Å²) in [7, 11) is 0. The van der Waals surface area contributed by atoms with Gasteiger partial charge in [0.05, 0.1) is 11.1 Å². The first-order valence-electron chi connectivity index (χ1n) is 12.1. The molecule has 0 aliphatic carbocycles. The molecule has 0 spiro atoms. The van der Waals surface area contributed by atoms with Crippen LogP contribution in [0.5, 0.6) is 0 Å². The fraction of sp³-hybridized carbons (Fsp3) is 0.393. The van der Waals surface area contributed by atoms with Crippen LogP contribution in [0.25, 0.3) is 0 Å². The second-order valence-corrected chi connectivity index (χ2v) is 11.7. The number of nitrogens with two attached hydrogens (primary N) is 1. The van der Waals surface area contributed by atoms with Crippen LogP contribution in [0.2, 0.25) is 0 Å². The van der Waals surface area contributed by atoms with Crippen LogP contribution >= 0.6 is 11.3 Å². The van der Waals surface area contributed by atoms with Crippen molar-refractivity contribution in [3.05, 3.63) is 64.5 Å². The molecule has 1 fully saturated rings. The van der Waals surface area contributed by atoms with E-state index < -0.39 is 34.1 Å². The second-order valence-electron chi connectivity index (χ2n) is 10.7. The summed E-state index contributed by atoms with van der Waals surface area (Å²) in [6.07, 6.45) is -0.319. The topological polar surface area (TPSA) is 101 Å². The Morgan fingerprint density at radius 2 is 1.69 bits per heavy atom. The van der Waals surface area contributed by atoms with Crippen LogP contribution in [0.1, 0.15) is 57.3 Å². The maximum absolute atomic E-state index is 14.1. The van der Waals surface area contributed by atoms with Crippen molar-refractivity contribution in [1.29, 1.82) is 0 Å². The number of carbonyl (C=O) groups is 2. The maximum atomic E-state index is 14.1. The van der Waals surface area contributed by atoms with E-state index in [4.69, 9.17) is 10.5 Å². The summed E-state index contributed by atoms with van der Waals surface area (Å²) in [5.41, 5.74) is 5.93. The number of nitrogen functional groups attached to an aromatic ring is 1. The Bertz CT molecular complexity index is 1330. The van der Waals surface area contributed by atoms with Crippen LogP contribution < -0.4 is 16.0 Å². The minimum atomic E-state index is -0.956. The molecule has 210 valence electrons. The van der Waals surface area contributed by atoms with Crippen molar-refractivity contribution < 1.29 is 23.1 Å². The molecule has 11 heteroatoms. The summed E-state index contributed by atoms with van der Waals surface area (Å²) < 4.78 is 33.7. The first-order chi connectivity index (χ1) is 17.7. The lowest BCUT2D eigenvalue weighted by Crippen LogP contribution is -2.61. The summed E-state index contributed by atoms with van der Waals surface area (Å²) >= 11 is 0.924. The van der Waals surface area contributed by atoms with E-state index in [9.17, 15) is 18.4 Å². The van der Waals surface area contributed by atoms with E-state index >= 15 is 0 Å². The lowest BCUT2D eigenvalue weighted by molar-refractivity contribution is 0.000365. The van der Waals surface area contributed by atoms with Gasteiger partial charge >= 0.3 is 6.09 Å². The van der Waals surface area contributed by atoms with Crippen molar-refractivity contribution in [1.82, 2.24) is 9.88 Å². The third-order valence-electron chi connectivity index (χ3n) is 6.05. The van der Waals surface area contributed by atoms with Gasteiger partial charge in [0.25, 0.3) is 0 Å². The summed E-state index contributed by atoms with van der Waals surface area (Å²) in [5.74, 6) is -2.87. The first-order valence-corrected chi connectivity index (χ1v) is 12.9. The number of ether oxygens (including phenoxy) is 1. The van der Waals surface area contributed by atoms with Gasteiger partial charge < -0.3 is 20.7 Å². The number of carbonyl (C=O) groups excluding carboxylic acids is 2. The zero-order valence-corrected chi connectivity index (χ0v) is 22.8. The van der Waals surface area contributed by atoms with Crippen LogP contribution in [0.15, 0.2) is 42.5 Å². The molecular formula is C28H35F2N5O3S. The summed E-state index contributed by atoms with van der Waals surface area (Å²) in [5, 5.41) is 3.41. The van der Waals surface area contributed by atoms with E-state index in [1.165, 1.54) is 6.07 Å². The van der Waals surface area contributed by atoms with Crippen molar-refractivity contribution in [3.8, 4) is 0 Å². The molecule has 0 bridgehead atoms. The smallest absolute Gasteiger partial charge is 0.410 e. The van der Waals surface area contributed by atoms with Gasteiger partial charge in [-0.2, -0.15) is 0 Å². The van der Waals surface area contributed by atoms with Crippen molar-refractivity contribution in [2.75, 3.05) is 35.6 Å². The number of anilines is 4. The molecule has 2 aromatic carbocycles. The Labute approximate surface area is 231 Å². The van der Waals surface area contributed by atoms with Crippen LogP contribution in [0.4, 0.5) is 35.9 Å². The molecule has 0 atom stereocenters. The molecule has 4 rings (SSSR count). The number of nitrogens with one attached hydrogen (secondary N) is 1. The number of halogens is 2. The molecule has 0 saturated carbocycles. The molecule has 8 nitrogen and oxygen atoms in total. The standard InChI is InChI=1S/C27H31F2N5O3S.CH4/c1-26(2,3)37-25(36)34-14-13-33(15-27(34,4)5)17-11-9-16(10-12-17)31-24-32-23(30)22(38-24)21(35)20-18(28)7-6-8-19(20)29;/h6-12H,13-15,30H2,1-5H3,(H,31,32);1H4. The predicted molar refractivity (Wildman–Crippen MR) is 152 cm³/mol. The van der Waals surface area contributed by atoms with E-state index in [0.717, 1.165) is 29.2 Å². The fourth-order valence-corrected chi connectivity index (χ4v) is 5.14. The van der Waals surface area contributed by atoms with Crippen molar-refractivity contribution >= 4 is 45.5 Å². The highest BCUT2D eigenvalue weighted by molar-refractivity contribution is 7.18. The first kappa shape index (κ1) is 29.8. The molecule has 1 aliphatic heterocycles. The molecule has 0 radical (unpaired) electrons. The van der Waals surface area contributed by atoms with Crippen molar-refractivity contribution in [2.45, 2.75) is 53.2 Å². The second kappa shape index (κ2) is 11.2. The number of thiazole rings is 1. The molecule has 2 heterocycles. The third kappa shape index (κ3) is 6.65. The van der Waals surface area contributed by atoms with E-state index in [1.807, 2.05) is 58.9 Å². The highest BCUT2D eigenvalue weighted by atomic mass is 32.1. The van der Waals surface area contributed by atoms with E-state index in [2.05, 4.69) is 15.2 Å². The van der Waals surface area contributed by atoms with E-state index in [-0.39, 0.29) is 24.2 Å². The number of hydrogen-bond acceptors (Lipinski definition) is 8. The van der Waals surface area contributed by atoms with Crippen LogP contribution in [-0.4, -0.2) is 52.5 Å². The molecule has 39 heavy (non-hydrogen) atoms. The van der Waals surface area contributed by atoms with Gasteiger partial charge in [0.15, 0.2) is 5.13 Å².